The number of pyridine rings is 2. The monoisotopic (exact) mass is 603 g/mol. The second-order valence-electron chi connectivity index (χ2n) is 9.15. The maximum atomic E-state index is 13.7. The van der Waals surface area contributed by atoms with Crippen LogP contribution < -0.4 is 9.47 Å². The molecule has 0 saturated carbocycles. The van der Waals surface area contributed by atoms with Gasteiger partial charge in [-0.3, -0.25) is 0 Å². The summed E-state index contributed by atoms with van der Waals surface area (Å²) in [5.41, 5.74) is 1.78. The van der Waals surface area contributed by atoms with Crippen molar-refractivity contribution in [3.63, 3.8) is 0 Å². The fraction of sp³-hybridized carbons (Fsp3) is 0.129. The predicted molar refractivity (Wildman–Crippen MR) is 157 cm³/mol. The fourth-order valence-electron chi connectivity index (χ4n) is 4.36. The first-order chi connectivity index (χ1) is 20.6. The number of hydrogen-bond acceptors (Lipinski definition) is 8. The molecule has 3 aromatic heterocycles. The number of para-hydroxylation sites is 1. The molecule has 218 valence electrons. The molecule has 0 atom stereocenters. The summed E-state index contributed by atoms with van der Waals surface area (Å²) in [6.45, 7) is 3.91. The Bertz CT molecular complexity index is 1980. The molecule has 12 heteroatoms. The van der Waals surface area contributed by atoms with E-state index < -0.39 is 23.6 Å². The van der Waals surface area contributed by atoms with Crippen LogP contribution in [0.15, 0.2) is 66.7 Å². The topological polar surface area (TPSA) is 132 Å². The summed E-state index contributed by atoms with van der Waals surface area (Å²) in [5.74, 6) is -2.51. The van der Waals surface area contributed by atoms with Gasteiger partial charge in [0.25, 0.3) is 0 Å². The Morgan fingerprint density at radius 3 is 2.14 bits per heavy atom. The number of carboxylic acid groups (broad SMARTS) is 2. The number of nitrogens with zero attached hydrogens (tertiary/aromatic N) is 3. The second-order valence-corrected chi connectivity index (χ2v) is 10.3. The third kappa shape index (κ3) is 6.33. The predicted octanol–water partition coefficient (Wildman–Crippen LogP) is 7.04. The van der Waals surface area contributed by atoms with Gasteiger partial charge in [0.15, 0.2) is 11.4 Å². The number of ether oxygens (including phenoxy) is 2. The van der Waals surface area contributed by atoms with E-state index in [2.05, 4.69) is 15.0 Å². The van der Waals surface area contributed by atoms with Crippen LogP contribution in [-0.4, -0.2) is 43.7 Å². The maximum Gasteiger partial charge on any atom is 0.354 e. The highest BCUT2D eigenvalue weighted by Crippen LogP contribution is 2.33. The highest BCUT2D eigenvalue weighted by Gasteiger charge is 2.19. The molecule has 9 nitrogen and oxygen atoms in total. The van der Waals surface area contributed by atoms with E-state index in [1.807, 2.05) is 24.3 Å². The molecule has 43 heavy (non-hydrogen) atoms. The molecule has 3 aromatic carbocycles. The number of aromatic carboxylic acids is 2. The van der Waals surface area contributed by atoms with Gasteiger partial charge in [-0.05, 0) is 62.4 Å². The molecule has 0 amide bonds. The van der Waals surface area contributed by atoms with Crippen molar-refractivity contribution in [3.8, 4) is 11.5 Å². The number of hydrogen-bond donors (Lipinski definition) is 2. The van der Waals surface area contributed by atoms with Crippen LogP contribution in [-0.2, 0) is 6.61 Å². The Kier molecular flexibility index (Phi) is 8.39. The highest BCUT2D eigenvalue weighted by atomic mass is 32.1. The Morgan fingerprint density at radius 2 is 1.49 bits per heavy atom. The van der Waals surface area contributed by atoms with Gasteiger partial charge < -0.3 is 19.7 Å². The third-order valence-corrected chi connectivity index (χ3v) is 7.27. The van der Waals surface area contributed by atoms with E-state index in [4.69, 9.17) is 14.6 Å². The van der Waals surface area contributed by atoms with E-state index in [0.717, 1.165) is 15.2 Å². The summed E-state index contributed by atoms with van der Waals surface area (Å²) in [4.78, 5) is 34.9. The lowest BCUT2D eigenvalue weighted by atomic mass is 10.1. The lowest BCUT2D eigenvalue weighted by Gasteiger charge is -2.13. The molecule has 0 spiro atoms. The summed E-state index contributed by atoms with van der Waals surface area (Å²) in [6.07, 6.45) is 0. The number of fused-ring (bicyclic) bond motifs is 3. The average Bonchev–Trinajstić information content (AvgIpc) is 3.40. The summed E-state index contributed by atoms with van der Waals surface area (Å²) >= 11 is 1.50. The van der Waals surface area contributed by atoms with E-state index in [9.17, 15) is 23.5 Å². The fourth-order valence-corrected chi connectivity index (χ4v) is 5.24. The molecule has 0 unspecified atom stereocenters. The van der Waals surface area contributed by atoms with Gasteiger partial charge >= 0.3 is 11.9 Å². The molecular formula is C31H23F2N3O6S. The van der Waals surface area contributed by atoms with Crippen LogP contribution in [0.4, 0.5) is 8.78 Å². The molecule has 3 heterocycles. The zero-order valence-corrected chi connectivity index (χ0v) is 23.6. The quantitative estimate of drug-likeness (QED) is 0.197. The molecule has 2 N–H and O–H groups in total. The summed E-state index contributed by atoms with van der Waals surface area (Å²) in [7, 11) is 0. The molecule has 0 saturated heterocycles. The molecule has 0 aliphatic rings. The van der Waals surface area contributed by atoms with Crippen LogP contribution >= 0.6 is 11.3 Å². The van der Waals surface area contributed by atoms with E-state index in [-0.39, 0.29) is 18.0 Å². The molecule has 0 aliphatic heterocycles. The van der Waals surface area contributed by atoms with Gasteiger partial charge in [0.1, 0.15) is 34.7 Å². The van der Waals surface area contributed by atoms with E-state index in [1.54, 1.807) is 13.8 Å². The lowest BCUT2D eigenvalue weighted by molar-refractivity contribution is 0.0679. The van der Waals surface area contributed by atoms with Crippen LogP contribution in [0.3, 0.4) is 0 Å². The van der Waals surface area contributed by atoms with Crippen molar-refractivity contribution in [2.24, 2.45) is 0 Å². The van der Waals surface area contributed by atoms with Crippen LogP contribution in [0.2, 0.25) is 0 Å². The Hall–Kier alpha value is -5.23. The van der Waals surface area contributed by atoms with Crippen molar-refractivity contribution < 1.29 is 38.1 Å². The zero-order valence-electron chi connectivity index (χ0n) is 22.8. The van der Waals surface area contributed by atoms with Gasteiger partial charge in [0.2, 0.25) is 0 Å². The van der Waals surface area contributed by atoms with Gasteiger partial charge in [0.05, 0.1) is 27.9 Å². The third-order valence-electron chi connectivity index (χ3n) is 6.26. The summed E-state index contributed by atoms with van der Waals surface area (Å²) in [6, 6.07) is 17.0. The molecular weight excluding hydrogens is 580 g/mol. The highest BCUT2D eigenvalue weighted by molar-refractivity contribution is 7.18. The van der Waals surface area contributed by atoms with Crippen molar-refractivity contribution in [1.82, 2.24) is 15.0 Å². The zero-order chi connectivity index (χ0) is 30.7. The molecule has 6 rings (SSSR count). The number of carboxylic acids is 2. The van der Waals surface area contributed by atoms with Crippen molar-refractivity contribution in [2.75, 3.05) is 6.61 Å². The minimum absolute atomic E-state index is 0.108. The number of rotatable bonds is 7. The second kappa shape index (κ2) is 12.3. The first kappa shape index (κ1) is 29.3. The molecule has 0 aliphatic carbocycles. The van der Waals surface area contributed by atoms with Crippen LogP contribution in [0.5, 0.6) is 11.5 Å². The van der Waals surface area contributed by atoms with E-state index in [0.29, 0.717) is 45.5 Å². The largest absolute Gasteiger partial charge is 0.493 e. The van der Waals surface area contributed by atoms with E-state index >= 15 is 0 Å². The van der Waals surface area contributed by atoms with Gasteiger partial charge in [-0.1, -0.05) is 12.1 Å². The number of thiazole rings is 1. The molecule has 0 bridgehead atoms. The van der Waals surface area contributed by atoms with Crippen molar-refractivity contribution in [2.45, 2.75) is 20.5 Å². The summed E-state index contributed by atoms with van der Waals surface area (Å²) in [5, 5.41) is 19.9. The standard InChI is InChI=1S/C19H13FN2O3S.C12H10FNO3/c1-10-17(19(23)24)22-13-7-6-11(20)8-12(13)18(10)25-9-16-21-14-4-2-3-5-15(14)26-16;1-2-17-11-6-10(12(15)16)14-9-4-3-7(13)5-8(9)11/h2-8H,9H2,1H3,(H,23,24);3-6H,2H2,1H3,(H,15,16). The maximum absolute atomic E-state index is 13.7. The van der Waals surface area contributed by atoms with Gasteiger partial charge in [-0.25, -0.2) is 33.3 Å². The number of aromatic nitrogens is 3. The van der Waals surface area contributed by atoms with Crippen LogP contribution in [0, 0.1) is 18.6 Å². The van der Waals surface area contributed by atoms with Crippen molar-refractivity contribution in [3.05, 3.63) is 100 Å². The van der Waals surface area contributed by atoms with Crippen molar-refractivity contribution >= 4 is 55.3 Å². The lowest BCUT2D eigenvalue weighted by Crippen LogP contribution is -2.07. The molecule has 0 radical (unpaired) electrons. The number of halogens is 2. The Labute approximate surface area is 247 Å². The van der Waals surface area contributed by atoms with Gasteiger partial charge in [-0.15, -0.1) is 11.3 Å². The first-order valence-electron chi connectivity index (χ1n) is 12.9. The van der Waals surface area contributed by atoms with Crippen molar-refractivity contribution in [1.29, 1.82) is 0 Å². The van der Waals surface area contributed by atoms with Crippen LogP contribution in [0.1, 0.15) is 38.5 Å². The Morgan fingerprint density at radius 1 is 0.814 bits per heavy atom. The van der Waals surface area contributed by atoms with Gasteiger partial charge in [0, 0.05) is 22.4 Å². The summed E-state index contributed by atoms with van der Waals surface area (Å²) < 4.78 is 39.0. The minimum Gasteiger partial charge on any atom is -0.493 e. The van der Waals surface area contributed by atoms with Gasteiger partial charge in [-0.2, -0.15) is 0 Å². The first-order valence-corrected chi connectivity index (χ1v) is 13.7. The normalized spacial score (nSPS) is 10.9. The van der Waals surface area contributed by atoms with Crippen LogP contribution in [0.25, 0.3) is 32.0 Å². The average molecular weight is 604 g/mol. The molecule has 0 fully saturated rings. The number of carbonyl (C=O) groups is 2. The minimum atomic E-state index is -1.15. The van der Waals surface area contributed by atoms with E-state index in [1.165, 1.54) is 53.8 Å². The SMILES string of the molecule is CCOc1cc(C(=O)O)nc2ccc(F)cc12.Cc1c(C(=O)O)nc2ccc(F)cc2c1OCc1nc2ccccc2s1. The Balaban J connectivity index is 0.000000188. The number of benzene rings is 3. The smallest absolute Gasteiger partial charge is 0.354 e. The molecule has 6 aromatic rings.